The number of carbonyl (C=O) groups is 2. The van der Waals surface area contributed by atoms with Gasteiger partial charge in [0.1, 0.15) is 0 Å². The van der Waals surface area contributed by atoms with Gasteiger partial charge < -0.3 is 5.32 Å². The second-order valence-electron chi connectivity index (χ2n) is 5.45. The fraction of sp³-hybridized carbons (Fsp3) is 0.500. The first-order valence-electron chi connectivity index (χ1n) is 7.36. The van der Waals surface area contributed by atoms with Crippen molar-refractivity contribution in [1.29, 1.82) is 0 Å². The molecule has 1 N–H and O–H groups in total. The van der Waals surface area contributed by atoms with Gasteiger partial charge in [0.05, 0.1) is 12.5 Å². The molecule has 1 aromatic carbocycles. The number of carbonyl (C=O) groups excluding carboxylic acids is 2. The van der Waals surface area contributed by atoms with Crippen LogP contribution in [0.4, 0.5) is 0 Å². The van der Waals surface area contributed by atoms with Crippen molar-refractivity contribution in [3.63, 3.8) is 0 Å². The zero-order chi connectivity index (χ0) is 15.4. The lowest BCUT2D eigenvalue weighted by atomic mass is 10.1. The van der Waals surface area contributed by atoms with E-state index in [9.17, 15) is 9.59 Å². The van der Waals surface area contributed by atoms with E-state index in [1.165, 1.54) is 4.90 Å². The molecule has 0 bridgehead atoms. The van der Waals surface area contributed by atoms with E-state index in [1.54, 1.807) is 0 Å². The minimum Gasteiger partial charge on any atom is -0.305 e. The van der Waals surface area contributed by atoms with E-state index in [-0.39, 0.29) is 30.3 Å². The fourth-order valence-electron chi connectivity index (χ4n) is 2.50. The summed E-state index contributed by atoms with van der Waals surface area (Å²) >= 11 is 5.84. The third-order valence-corrected chi connectivity index (χ3v) is 4.18. The van der Waals surface area contributed by atoms with Crippen molar-refractivity contribution in [3.8, 4) is 0 Å². The number of benzene rings is 1. The van der Waals surface area contributed by atoms with Crippen molar-refractivity contribution in [1.82, 2.24) is 10.2 Å². The number of hydrogen-bond donors (Lipinski definition) is 1. The summed E-state index contributed by atoms with van der Waals surface area (Å²) in [6.07, 6.45) is 1.86. The molecular formula is C16H21ClN2O2. The van der Waals surface area contributed by atoms with Gasteiger partial charge in [0.25, 0.3) is 0 Å². The second kappa shape index (κ2) is 7.05. The average Bonchev–Trinajstić information content (AvgIpc) is 2.75. The van der Waals surface area contributed by atoms with Gasteiger partial charge in [-0.3, -0.25) is 14.5 Å². The van der Waals surface area contributed by atoms with Crippen molar-refractivity contribution in [2.75, 3.05) is 6.54 Å². The first kappa shape index (κ1) is 16.0. The number of likely N-dealkylation sites (tertiary alicyclic amines) is 1. The molecule has 4 nitrogen and oxygen atoms in total. The molecule has 1 aliphatic heterocycles. The van der Waals surface area contributed by atoms with E-state index >= 15 is 0 Å². The molecule has 21 heavy (non-hydrogen) atoms. The SMILES string of the molecule is CCC(C)N1C(=O)CC(NCCc2ccc(Cl)cc2)C1=O. The van der Waals surface area contributed by atoms with E-state index in [1.807, 2.05) is 38.1 Å². The van der Waals surface area contributed by atoms with Gasteiger partial charge in [-0.05, 0) is 44.0 Å². The highest BCUT2D eigenvalue weighted by atomic mass is 35.5. The van der Waals surface area contributed by atoms with E-state index in [0.717, 1.165) is 18.4 Å². The number of imide groups is 1. The first-order valence-corrected chi connectivity index (χ1v) is 7.74. The Bertz CT molecular complexity index is 516. The van der Waals surface area contributed by atoms with E-state index in [4.69, 9.17) is 11.6 Å². The summed E-state index contributed by atoms with van der Waals surface area (Å²) in [6, 6.07) is 7.25. The molecule has 1 heterocycles. The summed E-state index contributed by atoms with van der Waals surface area (Å²) in [5.74, 6) is -0.163. The summed E-state index contributed by atoms with van der Waals surface area (Å²) in [5, 5.41) is 3.90. The summed E-state index contributed by atoms with van der Waals surface area (Å²) in [7, 11) is 0. The van der Waals surface area contributed by atoms with Crippen LogP contribution in [0.5, 0.6) is 0 Å². The zero-order valence-corrected chi connectivity index (χ0v) is 13.2. The number of halogens is 1. The van der Waals surface area contributed by atoms with Gasteiger partial charge in [-0.15, -0.1) is 0 Å². The predicted molar refractivity (Wildman–Crippen MR) is 83.2 cm³/mol. The normalized spacial score (nSPS) is 20.1. The third kappa shape index (κ3) is 3.83. The van der Waals surface area contributed by atoms with E-state index in [0.29, 0.717) is 11.6 Å². The standard InChI is InChI=1S/C16H21ClN2O2/c1-3-11(2)19-15(20)10-14(16(19)21)18-9-8-12-4-6-13(17)7-5-12/h4-7,11,14,18H,3,8-10H2,1-2H3. The van der Waals surface area contributed by atoms with Gasteiger partial charge in [0, 0.05) is 11.1 Å². The Kier molecular flexibility index (Phi) is 5.37. The van der Waals surface area contributed by atoms with Crippen molar-refractivity contribution in [2.24, 2.45) is 0 Å². The molecule has 2 amide bonds. The summed E-state index contributed by atoms with van der Waals surface area (Å²) < 4.78 is 0. The molecule has 5 heteroatoms. The minimum atomic E-state index is -0.376. The highest BCUT2D eigenvalue weighted by Crippen LogP contribution is 2.18. The van der Waals surface area contributed by atoms with Crippen LogP contribution >= 0.6 is 11.6 Å². The number of rotatable bonds is 6. The average molecular weight is 309 g/mol. The highest BCUT2D eigenvalue weighted by Gasteiger charge is 2.40. The Morgan fingerprint density at radius 1 is 1.33 bits per heavy atom. The molecule has 1 fully saturated rings. The fourth-order valence-corrected chi connectivity index (χ4v) is 2.62. The summed E-state index contributed by atoms with van der Waals surface area (Å²) in [4.78, 5) is 25.5. The zero-order valence-electron chi connectivity index (χ0n) is 12.4. The first-order chi connectivity index (χ1) is 10.0. The van der Waals surface area contributed by atoms with Crippen molar-refractivity contribution < 1.29 is 9.59 Å². The smallest absolute Gasteiger partial charge is 0.247 e. The van der Waals surface area contributed by atoms with Crippen LogP contribution in [-0.2, 0) is 16.0 Å². The molecule has 2 unspecified atom stereocenters. The predicted octanol–water partition coefficient (Wildman–Crippen LogP) is 2.40. The Morgan fingerprint density at radius 2 is 2.00 bits per heavy atom. The van der Waals surface area contributed by atoms with E-state index in [2.05, 4.69) is 5.32 Å². The highest BCUT2D eigenvalue weighted by molar-refractivity contribution is 6.30. The van der Waals surface area contributed by atoms with Crippen molar-refractivity contribution in [2.45, 2.75) is 45.2 Å². The van der Waals surface area contributed by atoms with Gasteiger partial charge in [0.2, 0.25) is 11.8 Å². The lowest BCUT2D eigenvalue weighted by Crippen LogP contribution is -2.43. The largest absolute Gasteiger partial charge is 0.305 e. The third-order valence-electron chi connectivity index (χ3n) is 3.93. The topological polar surface area (TPSA) is 49.4 Å². The Balaban J connectivity index is 1.85. The Hall–Kier alpha value is -1.39. The van der Waals surface area contributed by atoms with Gasteiger partial charge in [-0.25, -0.2) is 0 Å². The molecule has 1 aliphatic rings. The van der Waals surface area contributed by atoms with Crippen molar-refractivity contribution in [3.05, 3.63) is 34.9 Å². The molecule has 1 saturated heterocycles. The molecule has 0 saturated carbocycles. The summed E-state index contributed by atoms with van der Waals surface area (Å²) in [5.41, 5.74) is 1.16. The lowest BCUT2D eigenvalue weighted by molar-refractivity contribution is -0.141. The van der Waals surface area contributed by atoms with Gasteiger partial charge >= 0.3 is 0 Å². The number of hydrogen-bond acceptors (Lipinski definition) is 3. The maximum Gasteiger partial charge on any atom is 0.247 e. The molecular weight excluding hydrogens is 288 g/mol. The van der Waals surface area contributed by atoms with Crippen molar-refractivity contribution >= 4 is 23.4 Å². The van der Waals surface area contributed by atoms with Crippen LogP contribution in [0.15, 0.2) is 24.3 Å². The molecule has 2 atom stereocenters. The molecule has 2 rings (SSSR count). The Morgan fingerprint density at radius 3 is 2.62 bits per heavy atom. The minimum absolute atomic E-state index is 0.0203. The monoisotopic (exact) mass is 308 g/mol. The van der Waals surface area contributed by atoms with Gasteiger partial charge in [-0.1, -0.05) is 30.7 Å². The number of amides is 2. The van der Waals surface area contributed by atoms with Crippen LogP contribution in [0.2, 0.25) is 5.02 Å². The maximum absolute atomic E-state index is 12.2. The van der Waals surface area contributed by atoms with Crippen LogP contribution in [-0.4, -0.2) is 35.3 Å². The number of nitrogens with one attached hydrogen (secondary N) is 1. The molecule has 0 radical (unpaired) electrons. The number of nitrogens with zero attached hydrogens (tertiary/aromatic N) is 1. The maximum atomic E-state index is 12.2. The van der Waals surface area contributed by atoms with Crippen LogP contribution < -0.4 is 5.32 Å². The van der Waals surface area contributed by atoms with Crippen LogP contribution in [0.1, 0.15) is 32.3 Å². The van der Waals surface area contributed by atoms with Gasteiger partial charge in [0.15, 0.2) is 0 Å². The molecule has 114 valence electrons. The van der Waals surface area contributed by atoms with Crippen LogP contribution in [0.3, 0.4) is 0 Å². The summed E-state index contributed by atoms with van der Waals surface area (Å²) in [6.45, 7) is 4.55. The quantitative estimate of drug-likeness (QED) is 0.821. The second-order valence-corrected chi connectivity index (χ2v) is 5.88. The van der Waals surface area contributed by atoms with E-state index < -0.39 is 0 Å². The van der Waals surface area contributed by atoms with Gasteiger partial charge in [-0.2, -0.15) is 0 Å². The Labute approximate surface area is 130 Å². The molecule has 0 aromatic heterocycles. The molecule has 0 spiro atoms. The lowest BCUT2D eigenvalue weighted by Gasteiger charge is -2.21. The molecule has 1 aromatic rings. The molecule has 0 aliphatic carbocycles. The van der Waals surface area contributed by atoms with Crippen LogP contribution in [0, 0.1) is 0 Å². The van der Waals surface area contributed by atoms with Crippen LogP contribution in [0.25, 0.3) is 0 Å².